The molecule has 2 aliphatic heterocycles. The number of thioether (sulfide) groups is 1. The number of likely N-dealkylation sites (tertiary alicyclic amines) is 2. The fraction of sp³-hybridized carbons (Fsp3) is 0.667. The third-order valence-electron chi connectivity index (χ3n) is 11.4. The van der Waals surface area contributed by atoms with Crippen molar-refractivity contribution in [3.63, 3.8) is 0 Å². The molecular formula is C42H68N9O13PS. The lowest BCUT2D eigenvalue weighted by Crippen LogP contribution is -2.61. The molecule has 12 N–H and O–H groups in total. The topological polar surface area (TPSA) is 342 Å². The Kier molecular flexibility index (Phi) is 22.3. The molecule has 22 nitrogen and oxygen atoms in total. The van der Waals surface area contributed by atoms with E-state index in [1.54, 1.807) is 27.7 Å². The molecule has 0 saturated carbocycles. The number of carbonyl (C=O) groups is 8. The molecule has 0 aliphatic carbocycles. The average molecular weight is 970 g/mol. The van der Waals surface area contributed by atoms with Crippen LogP contribution in [0.5, 0.6) is 5.75 Å². The Bertz CT molecular complexity index is 1900. The summed E-state index contributed by atoms with van der Waals surface area (Å²) in [5.74, 6) is -6.37. The van der Waals surface area contributed by atoms with E-state index in [0.717, 1.165) is 0 Å². The van der Waals surface area contributed by atoms with Crippen LogP contribution >= 0.6 is 19.6 Å². The number of carboxylic acids is 1. The van der Waals surface area contributed by atoms with Crippen molar-refractivity contribution in [3.8, 4) is 5.75 Å². The van der Waals surface area contributed by atoms with Crippen molar-refractivity contribution in [2.75, 3.05) is 38.2 Å². The zero-order valence-corrected chi connectivity index (χ0v) is 39.9. The van der Waals surface area contributed by atoms with Gasteiger partial charge in [-0.1, -0.05) is 39.8 Å². The molecule has 0 spiro atoms. The van der Waals surface area contributed by atoms with Crippen LogP contribution in [0.15, 0.2) is 24.3 Å². The number of carbonyl (C=O) groups excluding carboxylic acids is 7. The summed E-state index contributed by atoms with van der Waals surface area (Å²) in [5, 5.41) is 23.2. The molecule has 2 fully saturated rings. The van der Waals surface area contributed by atoms with Gasteiger partial charge in [-0.2, -0.15) is 11.8 Å². The third kappa shape index (κ3) is 16.8. The van der Waals surface area contributed by atoms with Gasteiger partial charge in [-0.25, -0.2) is 9.36 Å². The normalized spacial score (nSPS) is 18.5. The minimum atomic E-state index is -4.87. The standard InChI is InChI=1S/C42H68N9O13PS/c1-24(2)34(48-33(52)23-44)38(55)47-30(22-26-13-15-27(16-14-26)64-65(61,62)63)37(54)49-35(25(3)4)39(56)45-28(10-6-7-18-43)36(53)46-29(17-21-66-5)40(57)50-19-8-11-31(50)41(58)51-20-9-12-32(51)42(59)60/h13-16,24-25,28-32,34-35H,6-12,17-23,43-44H2,1-5H3,(H,45,56)(H,46,53)(H,47,55)(H,48,52)(H,49,54)(H,59,60)(H2,61,62,63)/t28-,29-,30-,31-,32-,34-,35-/m0/s1. The predicted molar refractivity (Wildman–Crippen MR) is 244 cm³/mol. The quantitative estimate of drug-likeness (QED) is 0.0407. The van der Waals surface area contributed by atoms with Crippen molar-refractivity contribution in [1.29, 1.82) is 0 Å². The Morgan fingerprint density at radius 1 is 0.742 bits per heavy atom. The average Bonchev–Trinajstić information content (AvgIpc) is 3.96. The molecule has 2 aliphatic rings. The molecule has 2 heterocycles. The molecule has 66 heavy (non-hydrogen) atoms. The van der Waals surface area contributed by atoms with E-state index < -0.39 is 116 Å². The number of amides is 7. The second kappa shape index (κ2) is 26.5. The number of nitrogens with zero attached hydrogens (tertiary/aromatic N) is 2. The molecule has 1 aromatic carbocycles. The summed E-state index contributed by atoms with van der Waals surface area (Å²) in [6.07, 6.45) is 4.54. The van der Waals surface area contributed by atoms with Gasteiger partial charge in [0.1, 0.15) is 48.0 Å². The molecule has 0 radical (unpaired) electrons. The summed E-state index contributed by atoms with van der Waals surface area (Å²) < 4.78 is 16.0. The van der Waals surface area contributed by atoms with Gasteiger partial charge in [-0.3, -0.25) is 43.3 Å². The zero-order valence-electron chi connectivity index (χ0n) is 38.2. The van der Waals surface area contributed by atoms with E-state index >= 15 is 0 Å². The van der Waals surface area contributed by atoms with E-state index in [1.807, 2.05) is 6.26 Å². The number of unbranched alkanes of at least 4 members (excludes halogenated alkanes) is 1. The maximum atomic E-state index is 14.2. The SMILES string of the molecule is CSCC[C@H](NC(=O)[C@H](CCCCN)NC(=O)[C@@H](NC(=O)[C@H](Cc1ccc(OP(=O)(O)O)cc1)NC(=O)[C@@H](NC(=O)CN)C(C)C)C(C)C)C(=O)N1CCC[C@H]1C(=O)N1CCC[C@H]1C(=O)O. The van der Waals surface area contributed by atoms with Crippen LogP contribution in [0.4, 0.5) is 0 Å². The smallest absolute Gasteiger partial charge is 0.480 e. The maximum absolute atomic E-state index is 14.2. The largest absolute Gasteiger partial charge is 0.524 e. The van der Waals surface area contributed by atoms with E-state index in [0.29, 0.717) is 56.4 Å². The molecule has 3 rings (SSSR count). The van der Waals surface area contributed by atoms with Gasteiger partial charge in [0, 0.05) is 19.5 Å². The number of benzene rings is 1. The summed E-state index contributed by atoms with van der Waals surface area (Å²) >= 11 is 1.44. The van der Waals surface area contributed by atoms with Gasteiger partial charge in [0.15, 0.2) is 0 Å². The number of nitrogens with one attached hydrogen (secondary N) is 5. The lowest BCUT2D eigenvalue weighted by Gasteiger charge is -2.33. The molecule has 2 saturated heterocycles. The highest BCUT2D eigenvalue weighted by Gasteiger charge is 2.44. The van der Waals surface area contributed by atoms with Crippen molar-refractivity contribution in [2.45, 2.75) is 128 Å². The summed E-state index contributed by atoms with van der Waals surface area (Å²) in [4.78, 5) is 129. The van der Waals surface area contributed by atoms with Crippen molar-refractivity contribution in [2.24, 2.45) is 23.3 Å². The van der Waals surface area contributed by atoms with Crippen LogP contribution in [0, 0.1) is 11.8 Å². The molecule has 7 amide bonds. The van der Waals surface area contributed by atoms with Gasteiger partial charge in [-0.15, -0.1) is 0 Å². The summed E-state index contributed by atoms with van der Waals surface area (Å²) in [6.45, 7) is 7.06. The molecular weight excluding hydrogens is 902 g/mol. The van der Waals surface area contributed by atoms with Crippen molar-refractivity contribution in [3.05, 3.63) is 29.8 Å². The number of aliphatic carboxylic acids is 1. The lowest BCUT2D eigenvalue weighted by atomic mass is 9.98. The second-order valence-corrected chi connectivity index (χ2v) is 19.3. The van der Waals surface area contributed by atoms with Crippen LogP contribution in [0.3, 0.4) is 0 Å². The van der Waals surface area contributed by atoms with Gasteiger partial charge >= 0.3 is 13.8 Å². The van der Waals surface area contributed by atoms with Crippen LogP contribution < -0.4 is 42.6 Å². The summed E-state index contributed by atoms with van der Waals surface area (Å²) in [5.41, 5.74) is 11.6. The number of phosphoric acid groups is 1. The number of rotatable bonds is 26. The first kappa shape index (κ1) is 55.5. The van der Waals surface area contributed by atoms with E-state index in [-0.39, 0.29) is 38.1 Å². The van der Waals surface area contributed by atoms with Crippen LogP contribution in [0.2, 0.25) is 0 Å². The van der Waals surface area contributed by atoms with E-state index in [9.17, 15) is 57.8 Å². The first-order valence-electron chi connectivity index (χ1n) is 22.2. The Balaban J connectivity index is 1.88. The predicted octanol–water partition coefficient (Wildman–Crippen LogP) is -0.656. The number of carboxylic acid groups (broad SMARTS) is 1. The molecule has 24 heteroatoms. The molecule has 0 unspecified atom stereocenters. The Morgan fingerprint density at radius 3 is 1.83 bits per heavy atom. The number of hydrogen-bond acceptors (Lipinski definition) is 13. The van der Waals surface area contributed by atoms with Gasteiger partial charge < -0.3 is 57.5 Å². The number of hydrogen-bond donors (Lipinski definition) is 10. The minimum absolute atomic E-state index is 0.110. The second-order valence-electron chi connectivity index (χ2n) is 17.1. The highest BCUT2D eigenvalue weighted by atomic mass is 32.2. The van der Waals surface area contributed by atoms with Crippen molar-refractivity contribution < 1.29 is 62.3 Å². The highest BCUT2D eigenvalue weighted by Crippen LogP contribution is 2.37. The van der Waals surface area contributed by atoms with Crippen molar-refractivity contribution in [1.82, 2.24) is 36.4 Å². The zero-order chi connectivity index (χ0) is 49.3. The number of phosphoric ester groups is 1. The molecule has 370 valence electrons. The lowest BCUT2D eigenvalue weighted by molar-refractivity contribution is -0.152. The molecule has 1 aromatic rings. The van der Waals surface area contributed by atoms with E-state index in [1.165, 1.54) is 45.8 Å². The van der Waals surface area contributed by atoms with E-state index in [4.69, 9.17) is 11.5 Å². The molecule has 7 atom stereocenters. The van der Waals surface area contributed by atoms with Gasteiger partial charge in [0.25, 0.3) is 0 Å². The van der Waals surface area contributed by atoms with Gasteiger partial charge in [-0.05, 0) is 99.5 Å². The summed E-state index contributed by atoms with van der Waals surface area (Å²) in [6, 6.07) is -2.54. The molecule has 0 bridgehead atoms. The minimum Gasteiger partial charge on any atom is -0.480 e. The Labute approximate surface area is 389 Å². The Morgan fingerprint density at radius 2 is 1.29 bits per heavy atom. The Hall–Kier alpha value is -4.80. The van der Waals surface area contributed by atoms with E-state index in [2.05, 4.69) is 31.1 Å². The van der Waals surface area contributed by atoms with Crippen LogP contribution in [0.25, 0.3) is 0 Å². The monoisotopic (exact) mass is 969 g/mol. The van der Waals surface area contributed by atoms with Crippen LogP contribution in [0.1, 0.15) is 84.6 Å². The maximum Gasteiger partial charge on any atom is 0.524 e. The first-order valence-corrected chi connectivity index (χ1v) is 25.1. The highest BCUT2D eigenvalue weighted by molar-refractivity contribution is 7.98. The fourth-order valence-electron chi connectivity index (χ4n) is 7.84. The summed E-state index contributed by atoms with van der Waals surface area (Å²) in [7, 11) is -4.87. The van der Waals surface area contributed by atoms with Crippen LogP contribution in [-0.2, 0) is 49.3 Å². The van der Waals surface area contributed by atoms with Crippen LogP contribution in [-0.4, -0.2) is 152 Å². The fourth-order valence-corrected chi connectivity index (χ4v) is 8.71. The third-order valence-corrected chi connectivity index (χ3v) is 12.5. The molecule has 0 aromatic heterocycles. The first-order chi connectivity index (χ1) is 31.1. The van der Waals surface area contributed by atoms with Crippen molar-refractivity contribution >= 4 is 66.9 Å². The van der Waals surface area contributed by atoms with Gasteiger partial charge in [0.2, 0.25) is 41.4 Å². The number of nitrogens with two attached hydrogens (primary N) is 2. The van der Waals surface area contributed by atoms with Gasteiger partial charge in [0.05, 0.1) is 6.54 Å².